The summed E-state index contributed by atoms with van der Waals surface area (Å²) in [7, 11) is 0. The lowest BCUT2D eigenvalue weighted by molar-refractivity contribution is -0.162. The number of likely N-dealkylation sites (tertiary alicyclic amines) is 1. The van der Waals surface area contributed by atoms with E-state index in [1.807, 2.05) is 60.7 Å². The van der Waals surface area contributed by atoms with Crippen molar-refractivity contribution in [3.63, 3.8) is 0 Å². The number of hydrogen-bond donors (Lipinski definition) is 2. The summed E-state index contributed by atoms with van der Waals surface area (Å²) in [6.45, 7) is 8.95. The van der Waals surface area contributed by atoms with Gasteiger partial charge in [0.1, 0.15) is 29.9 Å². The number of para-hydroxylation sites is 1. The van der Waals surface area contributed by atoms with Crippen LogP contribution in [-0.4, -0.2) is 95.4 Å². The molecule has 0 aliphatic carbocycles. The number of benzene rings is 3. The highest BCUT2D eigenvalue weighted by Crippen LogP contribution is 2.61. The average molecular weight is 826 g/mol. The van der Waals surface area contributed by atoms with Gasteiger partial charge in [0.15, 0.2) is 0 Å². The molecule has 1 unspecified atom stereocenters. The number of esters is 1. The minimum Gasteiger partial charge on any atom is -0.455 e. The molecule has 14 heteroatoms. The second kappa shape index (κ2) is 16.5. The Labute approximate surface area is 333 Å². The van der Waals surface area contributed by atoms with Crippen molar-refractivity contribution in [1.29, 1.82) is 0 Å². The van der Waals surface area contributed by atoms with E-state index in [9.17, 15) is 14.7 Å². The molecule has 7 rings (SSSR count). The van der Waals surface area contributed by atoms with Gasteiger partial charge in [0, 0.05) is 17.8 Å². The number of fused-ring (bicyclic) bond motifs is 2. The van der Waals surface area contributed by atoms with Crippen LogP contribution in [0.4, 0.5) is 0 Å². The molecule has 0 radical (unpaired) electrons. The Morgan fingerprint density at radius 2 is 1.73 bits per heavy atom. The molecule has 3 fully saturated rings. The standard InChI is InChI=1S/C42H45BrN6O7/c1-4-6-21-33(51)44-26(3)36(28-17-11-8-12-18-28)55-41(54)34-35-39(52)49(32(24-50)27-15-9-7-10-16-27)38(42(35)23-29(43)37(34)56-42)40(53)47(22-5-2)25-48-31-20-14-13-19-30(31)45-46-48/h4-5,7-20,26,29,32,34-38,50H,1-2,6,21-25H2,3H3,(H,44,51)/t26-,29?,32+,34-,35+,36-,37-,38-,42+/m0/s1. The minimum absolute atomic E-state index is 0.0123. The zero-order valence-electron chi connectivity index (χ0n) is 31.0. The van der Waals surface area contributed by atoms with Gasteiger partial charge in [-0.2, -0.15) is 0 Å². The van der Waals surface area contributed by atoms with E-state index in [1.54, 1.807) is 48.0 Å². The number of rotatable bonds is 16. The highest BCUT2D eigenvalue weighted by Gasteiger charge is 2.77. The third-order valence-corrected chi connectivity index (χ3v) is 11.9. The predicted octanol–water partition coefficient (Wildman–Crippen LogP) is 4.64. The number of carbonyl (C=O) groups is 4. The van der Waals surface area contributed by atoms with Gasteiger partial charge in [-0.25, -0.2) is 4.68 Å². The Morgan fingerprint density at radius 1 is 1.05 bits per heavy atom. The number of aliphatic hydroxyl groups excluding tert-OH is 1. The van der Waals surface area contributed by atoms with Crippen LogP contribution in [0, 0.1) is 11.8 Å². The van der Waals surface area contributed by atoms with Gasteiger partial charge < -0.3 is 29.7 Å². The Kier molecular flexibility index (Phi) is 11.5. The fourth-order valence-corrected chi connectivity index (χ4v) is 9.59. The smallest absolute Gasteiger partial charge is 0.313 e. The molecule has 3 aromatic carbocycles. The molecule has 3 saturated heterocycles. The second-order valence-electron chi connectivity index (χ2n) is 14.5. The molecule has 3 aliphatic heterocycles. The molecule has 56 heavy (non-hydrogen) atoms. The van der Waals surface area contributed by atoms with E-state index in [-0.39, 0.29) is 32.0 Å². The number of aliphatic hydroxyl groups is 1. The van der Waals surface area contributed by atoms with Crippen LogP contribution in [0.3, 0.4) is 0 Å². The molecule has 9 atom stereocenters. The Morgan fingerprint density at radius 3 is 2.41 bits per heavy atom. The van der Waals surface area contributed by atoms with Crippen LogP contribution in [0.2, 0.25) is 0 Å². The quantitative estimate of drug-likeness (QED) is 0.0934. The van der Waals surface area contributed by atoms with Crippen LogP contribution in [0.5, 0.6) is 0 Å². The number of nitrogens with zero attached hydrogens (tertiary/aromatic N) is 5. The molecule has 4 heterocycles. The van der Waals surface area contributed by atoms with Crippen LogP contribution in [0.15, 0.2) is 110 Å². The number of carbonyl (C=O) groups excluding carboxylic acids is 4. The summed E-state index contributed by atoms with van der Waals surface area (Å²) in [6, 6.07) is 22.7. The summed E-state index contributed by atoms with van der Waals surface area (Å²) in [5.74, 6) is -4.10. The molecule has 292 valence electrons. The van der Waals surface area contributed by atoms with Crippen molar-refractivity contribution in [3.8, 4) is 0 Å². The van der Waals surface area contributed by atoms with Gasteiger partial charge in [-0.05, 0) is 43.0 Å². The first-order valence-electron chi connectivity index (χ1n) is 18.8. The van der Waals surface area contributed by atoms with Crippen LogP contribution >= 0.6 is 15.9 Å². The van der Waals surface area contributed by atoms with Crippen LogP contribution < -0.4 is 5.32 Å². The lowest BCUT2D eigenvalue weighted by atomic mass is 9.70. The SMILES string of the molecule is C=CCCC(=O)N[C@@H](C)[C@H](OC(=O)[C@@H]1[C@H]2O[C@@]3(CC2Br)[C@H](C(=O)N(CC=C)Cn2nnc4ccccc42)N([C@H](CO)c2ccccc2)C(=O)[C@@H]13)c1ccccc1. The first-order chi connectivity index (χ1) is 27.1. The summed E-state index contributed by atoms with van der Waals surface area (Å²) in [5, 5.41) is 22.5. The fourth-order valence-electron chi connectivity index (χ4n) is 8.65. The number of hydrogen-bond acceptors (Lipinski definition) is 9. The number of nitrogens with one attached hydrogen (secondary N) is 1. The maximum Gasteiger partial charge on any atom is 0.313 e. The molecular weight excluding hydrogens is 780 g/mol. The number of alkyl halides is 1. The summed E-state index contributed by atoms with van der Waals surface area (Å²) in [4.78, 5) is 60.3. The van der Waals surface area contributed by atoms with E-state index in [4.69, 9.17) is 9.47 Å². The summed E-state index contributed by atoms with van der Waals surface area (Å²) < 4.78 is 14.7. The van der Waals surface area contributed by atoms with Gasteiger partial charge in [-0.3, -0.25) is 19.2 Å². The van der Waals surface area contributed by atoms with Crippen molar-refractivity contribution in [3.05, 3.63) is 121 Å². The number of allylic oxidation sites excluding steroid dienone is 1. The number of ether oxygens (including phenoxy) is 2. The average Bonchev–Trinajstić information content (AvgIpc) is 3.94. The minimum atomic E-state index is -1.46. The van der Waals surface area contributed by atoms with Gasteiger partial charge in [0.25, 0.3) is 0 Å². The summed E-state index contributed by atoms with van der Waals surface area (Å²) >= 11 is 3.75. The molecule has 2 N–H and O–H groups in total. The van der Waals surface area contributed by atoms with Gasteiger partial charge in [-0.1, -0.05) is 106 Å². The number of halogens is 1. The van der Waals surface area contributed by atoms with E-state index in [0.29, 0.717) is 28.6 Å². The number of aromatic nitrogens is 3. The maximum atomic E-state index is 15.2. The van der Waals surface area contributed by atoms with Crippen molar-refractivity contribution in [2.75, 3.05) is 13.2 Å². The van der Waals surface area contributed by atoms with Crippen molar-refractivity contribution in [2.24, 2.45) is 11.8 Å². The Bertz CT molecular complexity index is 2100. The molecule has 3 amide bonds. The fraction of sp³-hybridized carbons (Fsp3) is 0.381. The van der Waals surface area contributed by atoms with Crippen molar-refractivity contribution < 1.29 is 33.8 Å². The largest absolute Gasteiger partial charge is 0.455 e. The van der Waals surface area contributed by atoms with Crippen molar-refractivity contribution >= 4 is 50.7 Å². The zero-order valence-corrected chi connectivity index (χ0v) is 32.6. The molecule has 1 spiro atoms. The van der Waals surface area contributed by atoms with Crippen LogP contribution in [0.25, 0.3) is 11.0 Å². The second-order valence-corrected chi connectivity index (χ2v) is 15.7. The molecule has 3 aliphatic rings. The molecule has 13 nitrogen and oxygen atoms in total. The molecule has 4 aromatic rings. The normalized spacial score (nSPS) is 25.3. The van der Waals surface area contributed by atoms with Crippen molar-refractivity contribution in [2.45, 2.75) is 73.6 Å². The lowest BCUT2D eigenvalue weighted by Crippen LogP contribution is -2.57. The Balaban J connectivity index is 1.27. The highest BCUT2D eigenvalue weighted by atomic mass is 79.9. The zero-order chi connectivity index (χ0) is 39.6. The van der Waals surface area contributed by atoms with E-state index in [2.05, 4.69) is 44.7 Å². The van der Waals surface area contributed by atoms with Crippen LogP contribution in [0.1, 0.15) is 49.5 Å². The van der Waals surface area contributed by atoms with Gasteiger partial charge in [0.05, 0.1) is 42.1 Å². The maximum absolute atomic E-state index is 15.2. The predicted molar refractivity (Wildman–Crippen MR) is 211 cm³/mol. The van der Waals surface area contributed by atoms with E-state index < -0.39 is 77.0 Å². The van der Waals surface area contributed by atoms with Gasteiger partial charge in [0.2, 0.25) is 17.7 Å². The molecule has 1 aromatic heterocycles. The van der Waals surface area contributed by atoms with E-state index in [1.165, 1.54) is 9.80 Å². The summed E-state index contributed by atoms with van der Waals surface area (Å²) in [6.07, 6.45) is 2.49. The van der Waals surface area contributed by atoms with Gasteiger partial charge >= 0.3 is 5.97 Å². The topological polar surface area (TPSA) is 156 Å². The molecule has 0 saturated carbocycles. The van der Waals surface area contributed by atoms with Crippen molar-refractivity contribution in [1.82, 2.24) is 30.1 Å². The van der Waals surface area contributed by atoms with Crippen LogP contribution in [-0.2, 0) is 35.3 Å². The van der Waals surface area contributed by atoms with Gasteiger partial charge in [-0.15, -0.1) is 18.3 Å². The highest BCUT2D eigenvalue weighted by molar-refractivity contribution is 9.09. The first kappa shape index (κ1) is 39.1. The lowest BCUT2D eigenvalue weighted by Gasteiger charge is -2.39. The monoisotopic (exact) mass is 824 g/mol. The number of amides is 3. The third-order valence-electron chi connectivity index (χ3n) is 11.1. The van der Waals surface area contributed by atoms with E-state index >= 15 is 9.59 Å². The van der Waals surface area contributed by atoms with E-state index in [0.717, 1.165) is 0 Å². The molecular formula is C42H45BrN6O7. The Hall–Kier alpha value is -5.18. The molecule has 2 bridgehead atoms. The first-order valence-corrected chi connectivity index (χ1v) is 19.7. The third kappa shape index (κ3) is 7.05. The summed E-state index contributed by atoms with van der Waals surface area (Å²) in [5.41, 5.74) is 1.17.